The SMILES string of the molecule is C=C(C(=O)OC)C(=O)c1cccnc1. The zero-order valence-electron chi connectivity index (χ0n) is 7.69. The van der Waals surface area contributed by atoms with E-state index >= 15 is 0 Å². The average molecular weight is 191 g/mol. The molecule has 0 saturated heterocycles. The van der Waals surface area contributed by atoms with Gasteiger partial charge in [-0.25, -0.2) is 4.79 Å². The number of carbonyl (C=O) groups excluding carboxylic acids is 2. The summed E-state index contributed by atoms with van der Waals surface area (Å²) in [5, 5.41) is 0. The van der Waals surface area contributed by atoms with Crippen LogP contribution >= 0.6 is 0 Å². The average Bonchev–Trinajstić information content (AvgIpc) is 2.27. The van der Waals surface area contributed by atoms with E-state index in [-0.39, 0.29) is 5.57 Å². The number of rotatable bonds is 3. The van der Waals surface area contributed by atoms with Gasteiger partial charge in [0.15, 0.2) is 0 Å². The molecule has 14 heavy (non-hydrogen) atoms. The van der Waals surface area contributed by atoms with E-state index in [2.05, 4.69) is 16.3 Å². The van der Waals surface area contributed by atoms with E-state index in [1.54, 1.807) is 12.1 Å². The molecule has 72 valence electrons. The first kappa shape index (κ1) is 10.1. The third-order valence-corrected chi connectivity index (χ3v) is 1.63. The zero-order chi connectivity index (χ0) is 10.6. The maximum absolute atomic E-state index is 11.5. The van der Waals surface area contributed by atoms with E-state index in [4.69, 9.17) is 0 Å². The maximum Gasteiger partial charge on any atom is 0.341 e. The van der Waals surface area contributed by atoms with Gasteiger partial charge >= 0.3 is 5.97 Å². The smallest absolute Gasteiger partial charge is 0.341 e. The monoisotopic (exact) mass is 191 g/mol. The predicted octanol–water partition coefficient (Wildman–Crippen LogP) is 0.993. The molecule has 1 aromatic heterocycles. The summed E-state index contributed by atoms with van der Waals surface area (Å²) in [5.74, 6) is -1.19. The van der Waals surface area contributed by atoms with E-state index in [1.165, 1.54) is 19.5 Å². The molecule has 0 aliphatic heterocycles. The molecule has 1 heterocycles. The van der Waals surface area contributed by atoms with Gasteiger partial charge in [0.1, 0.15) is 5.57 Å². The van der Waals surface area contributed by atoms with Crippen molar-refractivity contribution in [3.63, 3.8) is 0 Å². The van der Waals surface area contributed by atoms with Crippen LogP contribution in [0.25, 0.3) is 0 Å². The van der Waals surface area contributed by atoms with Crippen LogP contribution in [-0.4, -0.2) is 23.8 Å². The van der Waals surface area contributed by atoms with Gasteiger partial charge in [0.25, 0.3) is 0 Å². The molecule has 0 aliphatic rings. The Kier molecular flexibility index (Phi) is 3.12. The van der Waals surface area contributed by atoms with Crippen molar-refractivity contribution in [2.24, 2.45) is 0 Å². The Morgan fingerprint density at radius 2 is 2.21 bits per heavy atom. The second-order valence-corrected chi connectivity index (χ2v) is 2.54. The highest BCUT2D eigenvalue weighted by Crippen LogP contribution is 2.06. The summed E-state index contributed by atoms with van der Waals surface area (Å²) in [4.78, 5) is 26.2. The number of hydrogen-bond donors (Lipinski definition) is 0. The number of hydrogen-bond acceptors (Lipinski definition) is 4. The minimum absolute atomic E-state index is 0.194. The van der Waals surface area contributed by atoms with Crippen molar-refractivity contribution in [1.29, 1.82) is 0 Å². The molecule has 0 fully saturated rings. The van der Waals surface area contributed by atoms with Crippen molar-refractivity contribution >= 4 is 11.8 Å². The van der Waals surface area contributed by atoms with Crippen LogP contribution in [-0.2, 0) is 9.53 Å². The highest BCUT2D eigenvalue weighted by molar-refractivity contribution is 6.23. The van der Waals surface area contributed by atoms with Gasteiger partial charge in [0.2, 0.25) is 5.78 Å². The van der Waals surface area contributed by atoms with Gasteiger partial charge in [0.05, 0.1) is 7.11 Å². The molecule has 0 unspecified atom stereocenters. The van der Waals surface area contributed by atoms with E-state index in [0.717, 1.165) is 0 Å². The number of ketones is 1. The molecule has 1 aromatic rings. The molecule has 0 radical (unpaired) electrons. The summed E-state index contributed by atoms with van der Waals surface area (Å²) in [7, 11) is 1.20. The molecule has 0 atom stereocenters. The fraction of sp³-hybridized carbons (Fsp3) is 0.100. The van der Waals surface area contributed by atoms with Gasteiger partial charge in [-0.2, -0.15) is 0 Å². The summed E-state index contributed by atoms with van der Waals surface area (Å²) in [6.45, 7) is 3.35. The molecule has 0 saturated carbocycles. The number of Topliss-reactive ketones (excluding diaryl/α,β-unsaturated/α-hetero) is 1. The Bertz CT molecular complexity index is 370. The molecule has 0 aliphatic carbocycles. The molecule has 1 rings (SSSR count). The lowest BCUT2D eigenvalue weighted by molar-refractivity contribution is -0.135. The van der Waals surface area contributed by atoms with Crippen molar-refractivity contribution in [3.8, 4) is 0 Å². The predicted molar refractivity (Wildman–Crippen MR) is 49.7 cm³/mol. The van der Waals surface area contributed by atoms with Crippen molar-refractivity contribution in [2.45, 2.75) is 0 Å². The number of nitrogens with zero attached hydrogens (tertiary/aromatic N) is 1. The van der Waals surface area contributed by atoms with Crippen molar-refractivity contribution < 1.29 is 14.3 Å². The minimum atomic E-state index is -0.723. The number of ether oxygens (including phenoxy) is 1. The van der Waals surface area contributed by atoms with Crippen LogP contribution < -0.4 is 0 Å². The molecule has 4 nitrogen and oxygen atoms in total. The number of pyridine rings is 1. The van der Waals surface area contributed by atoms with Gasteiger partial charge in [-0.1, -0.05) is 6.58 Å². The van der Waals surface area contributed by atoms with Crippen molar-refractivity contribution in [2.75, 3.05) is 7.11 Å². The summed E-state index contributed by atoms with van der Waals surface area (Å²) in [5.41, 5.74) is 0.128. The summed E-state index contributed by atoms with van der Waals surface area (Å²) < 4.78 is 4.37. The summed E-state index contributed by atoms with van der Waals surface area (Å²) >= 11 is 0. The standard InChI is InChI=1S/C10H9NO3/c1-7(10(13)14-2)9(12)8-4-3-5-11-6-8/h3-6H,1H2,2H3. The third-order valence-electron chi connectivity index (χ3n) is 1.63. The van der Waals surface area contributed by atoms with Crippen LogP contribution in [0, 0.1) is 0 Å². The Labute approximate surface area is 81.2 Å². The molecule has 0 spiro atoms. The van der Waals surface area contributed by atoms with Crippen LogP contribution in [0.5, 0.6) is 0 Å². The molecular weight excluding hydrogens is 182 g/mol. The van der Waals surface area contributed by atoms with Crippen LogP contribution in [0.2, 0.25) is 0 Å². The van der Waals surface area contributed by atoms with Crippen molar-refractivity contribution in [3.05, 3.63) is 42.2 Å². The van der Waals surface area contributed by atoms with E-state index in [0.29, 0.717) is 5.56 Å². The highest BCUT2D eigenvalue weighted by atomic mass is 16.5. The maximum atomic E-state index is 11.5. The Balaban J connectivity index is 2.87. The van der Waals surface area contributed by atoms with Crippen LogP contribution in [0.15, 0.2) is 36.7 Å². The normalized spacial score (nSPS) is 9.21. The number of carbonyl (C=O) groups is 2. The lowest BCUT2D eigenvalue weighted by Gasteiger charge is -2.01. The van der Waals surface area contributed by atoms with Crippen LogP contribution in [0.4, 0.5) is 0 Å². The highest BCUT2D eigenvalue weighted by Gasteiger charge is 2.17. The minimum Gasteiger partial charge on any atom is -0.465 e. The largest absolute Gasteiger partial charge is 0.465 e. The van der Waals surface area contributed by atoms with Gasteiger partial charge in [0, 0.05) is 18.0 Å². The Hall–Kier alpha value is -1.97. The molecule has 0 amide bonds. The number of aromatic nitrogens is 1. The van der Waals surface area contributed by atoms with Gasteiger partial charge < -0.3 is 4.74 Å². The molecule has 0 aromatic carbocycles. The van der Waals surface area contributed by atoms with Gasteiger partial charge in [-0.3, -0.25) is 9.78 Å². The first-order chi connectivity index (χ1) is 6.66. The lowest BCUT2D eigenvalue weighted by Crippen LogP contribution is -2.13. The fourth-order valence-corrected chi connectivity index (χ4v) is 0.887. The van der Waals surface area contributed by atoms with Crippen molar-refractivity contribution in [1.82, 2.24) is 4.98 Å². The zero-order valence-corrected chi connectivity index (χ0v) is 7.69. The number of esters is 1. The molecular formula is C10H9NO3. The third kappa shape index (κ3) is 2.04. The van der Waals surface area contributed by atoms with Gasteiger partial charge in [-0.05, 0) is 12.1 Å². The van der Waals surface area contributed by atoms with Crippen LogP contribution in [0.3, 0.4) is 0 Å². The Morgan fingerprint density at radius 1 is 1.50 bits per heavy atom. The second-order valence-electron chi connectivity index (χ2n) is 2.54. The molecule has 4 heteroatoms. The molecule has 0 N–H and O–H groups in total. The van der Waals surface area contributed by atoms with Crippen LogP contribution in [0.1, 0.15) is 10.4 Å². The quantitative estimate of drug-likeness (QED) is 0.235. The first-order valence-corrected chi connectivity index (χ1v) is 3.88. The lowest BCUT2D eigenvalue weighted by atomic mass is 10.1. The first-order valence-electron chi connectivity index (χ1n) is 3.88. The second kappa shape index (κ2) is 4.32. The Morgan fingerprint density at radius 3 is 2.71 bits per heavy atom. The van der Waals surface area contributed by atoms with E-state index < -0.39 is 11.8 Å². The van der Waals surface area contributed by atoms with E-state index in [9.17, 15) is 9.59 Å². The van der Waals surface area contributed by atoms with Gasteiger partial charge in [-0.15, -0.1) is 0 Å². The van der Waals surface area contributed by atoms with E-state index in [1.807, 2.05) is 0 Å². The topological polar surface area (TPSA) is 56.3 Å². The number of methoxy groups -OCH3 is 1. The molecule has 0 bridgehead atoms. The summed E-state index contributed by atoms with van der Waals surface area (Å²) in [6.07, 6.45) is 2.91. The fourth-order valence-electron chi connectivity index (χ4n) is 0.887. The summed E-state index contributed by atoms with van der Waals surface area (Å²) in [6, 6.07) is 3.17.